The molecule has 1 unspecified atom stereocenters. The second-order valence-corrected chi connectivity index (χ2v) is 6.35. The summed E-state index contributed by atoms with van der Waals surface area (Å²) in [5, 5.41) is -0.174. The van der Waals surface area contributed by atoms with Crippen LogP contribution in [0, 0.1) is 5.82 Å². The van der Waals surface area contributed by atoms with Crippen molar-refractivity contribution in [2.45, 2.75) is 16.6 Å². The van der Waals surface area contributed by atoms with Crippen molar-refractivity contribution in [3.8, 4) is 0 Å². The van der Waals surface area contributed by atoms with Crippen LogP contribution in [-0.4, -0.2) is 11.8 Å². The molecule has 3 nitrogen and oxygen atoms in total. The molecule has 0 fully saturated rings. The lowest BCUT2D eigenvalue weighted by Gasteiger charge is -2.18. The van der Waals surface area contributed by atoms with E-state index >= 15 is 0 Å². The van der Waals surface area contributed by atoms with Gasteiger partial charge in [-0.05, 0) is 35.9 Å². The molecule has 0 aromatic heterocycles. The van der Waals surface area contributed by atoms with Crippen molar-refractivity contribution < 1.29 is 14.0 Å². The van der Waals surface area contributed by atoms with Crippen LogP contribution in [0.25, 0.3) is 0 Å². The van der Waals surface area contributed by atoms with E-state index in [0.29, 0.717) is 5.69 Å². The Balaban J connectivity index is 2.04. The van der Waals surface area contributed by atoms with E-state index in [4.69, 9.17) is 0 Å². The van der Waals surface area contributed by atoms with E-state index in [-0.39, 0.29) is 23.4 Å². The van der Waals surface area contributed by atoms with Gasteiger partial charge in [-0.25, -0.2) is 9.29 Å². The van der Waals surface area contributed by atoms with Crippen LogP contribution in [0.15, 0.2) is 66.1 Å². The average Bonchev–Trinajstić information content (AvgIpc) is 2.70. The molecule has 1 heterocycles. The Labute approximate surface area is 137 Å². The molecule has 116 valence electrons. The maximum Gasteiger partial charge on any atom is 0.257 e. The first-order valence-electron chi connectivity index (χ1n) is 7.10. The minimum atomic E-state index is -0.442. The number of para-hydroxylation sites is 1. The lowest BCUT2D eigenvalue weighted by atomic mass is 10.1. The van der Waals surface area contributed by atoms with Crippen LogP contribution < -0.4 is 4.90 Å². The molecule has 5 heteroatoms. The number of nitrogens with zero attached hydrogens (tertiary/aromatic N) is 1. The summed E-state index contributed by atoms with van der Waals surface area (Å²) in [5.74, 6) is -1.05. The topological polar surface area (TPSA) is 37.4 Å². The highest BCUT2D eigenvalue weighted by Crippen LogP contribution is 2.45. The molecule has 0 radical (unpaired) electrons. The van der Waals surface area contributed by atoms with Crippen LogP contribution in [0.5, 0.6) is 0 Å². The van der Waals surface area contributed by atoms with Gasteiger partial charge in [0, 0.05) is 16.6 Å². The van der Waals surface area contributed by atoms with Gasteiger partial charge in [0.05, 0.1) is 5.69 Å². The van der Waals surface area contributed by atoms with Gasteiger partial charge in [0.1, 0.15) is 5.82 Å². The molecule has 0 saturated carbocycles. The molecule has 0 aliphatic carbocycles. The molecule has 0 saturated heterocycles. The standard InChI is InChI=1S/C18H14FNO2S/c1-2-17(21)20-14-5-3-4-6-15(14)23-16(11-18(20)22)12-7-9-13(19)10-8-12/h2-10,16H,1,11H2. The van der Waals surface area contributed by atoms with Crippen molar-refractivity contribution in [1.29, 1.82) is 0 Å². The molecular formula is C18H14FNO2S. The minimum absolute atomic E-state index is 0.157. The normalized spacial score (nSPS) is 17.3. The molecule has 23 heavy (non-hydrogen) atoms. The van der Waals surface area contributed by atoms with Crippen molar-refractivity contribution in [3.63, 3.8) is 0 Å². The molecule has 1 aliphatic heterocycles. The van der Waals surface area contributed by atoms with Crippen molar-refractivity contribution in [2.75, 3.05) is 4.90 Å². The molecule has 2 aromatic carbocycles. The van der Waals surface area contributed by atoms with Crippen molar-refractivity contribution in [1.82, 2.24) is 0 Å². The Morgan fingerprint density at radius 1 is 1.22 bits per heavy atom. The lowest BCUT2D eigenvalue weighted by molar-refractivity contribution is -0.124. The molecule has 1 aliphatic rings. The Kier molecular flexibility index (Phi) is 4.30. The van der Waals surface area contributed by atoms with E-state index in [1.54, 1.807) is 24.3 Å². The van der Waals surface area contributed by atoms with Gasteiger partial charge < -0.3 is 0 Å². The van der Waals surface area contributed by atoms with Gasteiger partial charge in [0.2, 0.25) is 5.91 Å². The highest BCUT2D eigenvalue weighted by Gasteiger charge is 2.31. The summed E-state index contributed by atoms with van der Waals surface area (Å²) >= 11 is 1.50. The highest BCUT2D eigenvalue weighted by molar-refractivity contribution is 7.99. The summed E-state index contributed by atoms with van der Waals surface area (Å²) in [7, 11) is 0. The molecule has 2 aromatic rings. The summed E-state index contributed by atoms with van der Waals surface area (Å²) in [4.78, 5) is 26.7. The Morgan fingerprint density at radius 3 is 2.61 bits per heavy atom. The van der Waals surface area contributed by atoms with Crippen LogP contribution in [0.1, 0.15) is 17.2 Å². The van der Waals surface area contributed by atoms with Crippen molar-refractivity contribution in [2.24, 2.45) is 0 Å². The zero-order valence-electron chi connectivity index (χ0n) is 12.2. The molecule has 0 spiro atoms. The maximum atomic E-state index is 13.1. The fourth-order valence-electron chi connectivity index (χ4n) is 2.52. The van der Waals surface area contributed by atoms with E-state index in [2.05, 4.69) is 6.58 Å². The predicted octanol–water partition coefficient (Wildman–Crippen LogP) is 4.11. The third kappa shape index (κ3) is 3.05. The zero-order valence-corrected chi connectivity index (χ0v) is 13.1. The van der Waals surface area contributed by atoms with Crippen molar-refractivity contribution >= 4 is 29.3 Å². The molecule has 1 atom stereocenters. The summed E-state index contributed by atoms with van der Waals surface area (Å²) in [6.45, 7) is 3.47. The first kappa shape index (κ1) is 15.5. The van der Waals surface area contributed by atoms with Gasteiger partial charge in [-0.15, -0.1) is 11.8 Å². The first-order valence-corrected chi connectivity index (χ1v) is 7.98. The van der Waals surface area contributed by atoms with Gasteiger partial charge in [-0.1, -0.05) is 30.8 Å². The maximum absolute atomic E-state index is 13.1. The van der Waals surface area contributed by atoms with Crippen LogP contribution in [0.4, 0.5) is 10.1 Å². The molecule has 2 amide bonds. The predicted molar refractivity (Wildman–Crippen MR) is 88.7 cm³/mol. The van der Waals surface area contributed by atoms with Gasteiger partial charge in [-0.3, -0.25) is 9.59 Å². The number of hydrogen-bond donors (Lipinski definition) is 0. The number of carbonyl (C=O) groups is 2. The molecular weight excluding hydrogens is 313 g/mol. The fourth-order valence-corrected chi connectivity index (χ4v) is 3.78. The quantitative estimate of drug-likeness (QED) is 0.779. The summed E-state index contributed by atoms with van der Waals surface area (Å²) < 4.78 is 13.1. The number of rotatable bonds is 2. The third-order valence-electron chi connectivity index (χ3n) is 3.62. The summed E-state index contributed by atoms with van der Waals surface area (Å²) in [6.07, 6.45) is 1.29. The van der Waals surface area contributed by atoms with E-state index in [9.17, 15) is 14.0 Å². The highest BCUT2D eigenvalue weighted by atomic mass is 32.2. The minimum Gasteiger partial charge on any atom is -0.274 e. The van der Waals surface area contributed by atoms with E-state index < -0.39 is 5.91 Å². The fraction of sp³-hybridized carbons (Fsp3) is 0.111. The molecule has 0 bridgehead atoms. The molecule has 3 rings (SSSR count). The number of halogens is 1. The average molecular weight is 327 g/mol. The molecule has 0 N–H and O–H groups in total. The summed E-state index contributed by atoms with van der Waals surface area (Å²) in [5.41, 5.74) is 1.42. The monoisotopic (exact) mass is 327 g/mol. The summed E-state index contributed by atoms with van der Waals surface area (Å²) in [6, 6.07) is 13.4. The van der Waals surface area contributed by atoms with Crippen LogP contribution in [0.3, 0.4) is 0 Å². The van der Waals surface area contributed by atoms with Gasteiger partial charge in [0.15, 0.2) is 0 Å². The van der Waals surface area contributed by atoms with Gasteiger partial charge >= 0.3 is 0 Å². The van der Waals surface area contributed by atoms with Crippen molar-refractivity contribution in [3.05, 3.63) is 72.6 Å². The van der Waals surface area contributed by atoms with Crippen LogP contribution in [0.2, 0.25) is 0 Å². The largest absolute Gasteiger partial charge is 0.274 e. The second kappa shape index (κ2) is 6.38. The SMILES string of the molecule is C=CC(=O)N1C(=O)CC(c2ccc(F)cc2)Sc2ccccc21. The number of hydrogen-bond acceptors (Lipinski definition) is 3. The number of imide groups is 1. The number of anilines is 1. The number of fused-ring (bicyclic) bond motifs is 1. The number of carbonyl (C=O) groups excluding carboxylic acids is 2. The van der Waals surface area contributed by atoms with E-state index in [1.165, 1.54) is 28.8 Å². The Morgan fingerprint density at radius 2 is 1.91 bits per heavy atom. The number of benzene rings is 2. The van der Waals surface area contributed by atoms with Gasteiger partial charge in [0.25, 0.3) is 5.91 Å². The lowest BCUT2D eigenvalue weighted by Crippen LogP contribution is -2.35. The Hall–Kier alpha value is -2.40. The third-order valence-corrected chi connectivity index (χ3v) is 4.94. The van der Waals surface area contributed by atoms with E-state index in [1.807, 2.05) is 12.1 Å². The van der Waals surface area contributed by atoms with Crippen LogP contribution >= 0.6 is 11.8 Å². The first-order chi connectivity index (χ1) is 11.1. The second-order valence-electron chi connectivity index (χ2n) is 5.10. The number of amides is 2. The number of thioether (sulfide) groups is 1. The smallest absolute Gasteiger partial charge is 0.257 e. The van der Waals surface area contributed by atoms with E-state index in [0.717, 1.165) is 16.5 Å². The zero-order chi connectivity index (χ0) is 16.4. The van der Waals surface area contributed by atoms with Gasteiger partial charge in [-0.2, -0.15) is 0 Å². The Bertz CT molecular complexity index is 773. The van der Waals surface area contributed by atoms with Crippen LogP contribution in [-0.2, 0) is 9.59 Å².